The van der Waals surface area contributed by atoms with Crippen LogP contribution in [0.25, 0.3) is 0 Å². The summed E-state index contributed by atoms with van der Waals surface area (Å²) < 4.78 is 0. The summed E-state index contributed by atoms with van der Waals surface area (Å²) >= 11 is 0. The van der Waals surface area contributed by atoms with E-state index in [1.54, 1.807) is 26.2 Å². The fourth-order valence-corrected chi connectivity index (χ4v) is 1.23. The highest BCUT2D eigenvalue weighted by molar-refractivity contribution is 5.93. The molecule has 0 bridgehead atoms. The summed E-state index contributed by atoms with van der Waals surface area (Å²) in [6.45, 7) is 0.553. The second-order valence-electron chi connectivity index (χ2n) is 3.30. The van der Waals surface area contributed by atoms with Gasteiger partial charge in [-0.05, 0) is 17.7 Å². The van der Waals surface area contributed by atoms with Crippen molar-refractivity contribution in [3.05, 3.63) is 35.4 Å². The average Bonchev–Trinajstić information content (AvgIpc) is 2.29. The quantitative estimate of drug-likeness (QED) is 0.735. The maximum Gasteiger partial charge on any atom is 0.251 e. The minimum absolute atomic E-state index is 0.106. The molecule has 0 aliphatic heterocycles. The first-order valence-electron chi connectivity index (χ1n) is 4.64. The van der Waals surface area contributed by atoms with E-state index in [1.807, 2.05) is 12.1 Å². The molecule has 0 radical (unpaired) electrons. The SMILES string of the molecule is CNC(=O)c1ccc(CN(C)C=O)cc1. The molecule has 0 saturated heterocycles. The monoisotopic (exact) mass is 206 g/mol. The first-order chi connectivity index (χ1) is 7.17. The Morgan fingerprint density at radius 2 is 2.00 bits per heavy atom. The molecule has 0 unspecified atom stereocenters. The highest BCUT2D eigenvalue weighted by Crippen LogP contribution is 2.05. The lowest BCUT2D eigenvalue weighted by atomic mass is 10.1. The first kappa shape index (κ1) is 11.2. The molecule has 0 aliphatic rings. The predicted octanol–water partition coefficient (Wildman–Crippen LogP) is 0.634. The van der Waals surface area contributed by atoms with Crippen LogP contribution in [0.3, 0.4) is 0 Å². The third kappa shape index (κ3) is 3.09. The lowest BCUT2D eigenvalue weighted by molar-refractivity contribution is -0.117. The Kier molecular flexibility index (Phi) is 3.85. The van der Waals surface area contributed by atoms with Gasteiger partial charge in [0.15, 0.2) is 0 Å². The second kappa shape index (κ2) is 5.14. The number of hydrogen-bond donors (Lipinski definition) is 1. The molecular formula is C11H14N2O2. The van der Waals surface area contributed by atoms with Crippen molar-refractivity contribution in [1.82, 2.24) is 10.2 Å². The summed E-state index contributed by atoms with van der Waals surface area (Å²) in [6, 6.07) is 7.16. The fraction of sp³-hybridized carbons (Fsp3) is 0.273. The molecule has 1 rings (SSSR count). The van der Waals surface area contributed by atoms with Gasteiger partial charge in [-0.25, -0.2) is 0 Å². The van der Waals surface area contributed by atoms with Crippen molar-refractivity contribution in [1.29, 1.82) is 0 Å². The normalized spacial score (nSPS) is 9.47. The van der Waals surface area contributed by atoms with Gasteiger partial charge < -0.3 is 10.2 Å². The van der Waals surface area contributed by atoms with Crippen LogP contribution in [0, 0.1) is 0 Å². The Labute approximate surface area is 88.9 Å². The van der Waals surface area contributed by atoms with Crippen molar-refractivity contribution >= 4 is 12.3 Å². The highest BCUT2D eigenvalue weighted by atomic mass is 16.1. The molecule has 1 aromatic rings. The number of amides is 2. The number of hydrogen-bond acceptors (Lipinski definition) is 2. The van der Waals surface area contributed by atoms with Crippen molar-refractivity contribution in [2.75, 3.05) is 14.1 Å². The van der Waals surface area contributed by atoms with Crippen LogP contribution in [-0.4, -0.2) is 31.3 Å². The maximum atomic E-state index is 11.2. The van der Waals surface area contributed by atoms with E-state index in [2.05, 4.69) is 5.32 Å². The van der Waals surface area contributed by atoms with Crippen LogP contribution in [0.4, 0.5) is 0 Å². The van der Waals surface area contributed by atoms with Crippen molar-refractivity contribution in [2.24, 2.45) is 0 Å². The zero-order chi connectivity index (χ0) is 11.3. The molecule has 80 valence electrons. The van der Waals surface area contributed by atoms with Crippen molar-refractivity contribution < 1.29 is 9.59 Å². The van der Waals surface area contributed by atoms with Gasteiger partial charge in [0, 0.05) is 26.2 Å². The van der Waals surface area contributed by atoms with E-state index in [0.717, 1.165) is 12.0 Å². The van der Waals surface area contributed by atoms with Crippen LogP contribution in [0.1, 0.15) is 15.9 Å². The van der Waals surface area contributed by atoms with Crippen LogP contribution in [0.15, 0.2) is 24.3 Å². The lowest BCUT2D eigenvalue weighted by Gasteiger charge is -2.10. The van der Waals surface area contributed by atoms with Gasteiger partial charge in [-0.15, -0.1) is 0 Å². The molecule has 15 heavy (non-hydrogen) atoms. The topological polar surface area (TPSA) is 49.4 Å². The molecule has 0 spiro atoms. The lowest BCUT2D eigenvalue weighted by Crippen LogP contribution is -2.18. The van der Waals surface area contributed by atoms with Crippen LogP contribution < -0.4 is 5.32 Å². The van der Waals surface area contributed by atoms with E-state index in [0.29, 0.717) is 12.1 Å². The number of nitrogens with zero attached hydrogens (tertiary/aromatic N) is 1. The Hall–Kier alpha value is -1.84. The molecule has 0 aromatic heterocycles. The molecule has 0 saturated carbocycles. The molecule has 1 aromatic carbocycles. The summed E-state index contributed by atoms with van der Waals surface area (Å²) in [7, 11) is 3.30. The number of carbonyl (C=O) groups excluding carboxylic acids is 2. The molecule has 0 fully saturated rings. The molecule has 0 aliphatic carbocycles. The van der Waals surface area contributed by atoms with Crippen LogP contribution in [0.2, 0.25) is 0 Å². The third-order valence-corrected chi connectivity index (χ3v) is 2.06. The van der Waals surface area contributed by atoms with E-state index < -0.39 is 0 Å². The zero-order valence-electron chi connectivity index (χ0n) is 8.86. The summed E-state index contributed by atoms with van der Waals surface area (Å²) in [4.78, 5) is 23.2. The standard InChI is InChI=1S/C11H14N2O2/c1-12-11(15)10-5-3-9(4-6-10)7-13(2)8-14/h3-6,8H,7H2,1-2H3,(H,12,15). The summed E-state index contributed by atoms with van der Waals surface area (Å²) in [5.41, 5.74) is 1.62. The molecule has 4 heteroatoms. The second-order valence-corrected chi connectivity index (χ2v) is 3.30. The van der Waals surface area contributed by atoms with Gasteiger partial charge >= 0.3 is 0 Å². The summed E-state index contributed by atoms with van der Waals surface area (Å²) in [5.74, 6) is -0.106. The Morgan fingerprint density at radius 3 is 2.47 bits per heavy atom. The minimum Gasteiger partial charge on any atom is -0.355 e. The van der Waals surface area contributed by atoms with E-state index in [4.69, 9.17) is 0 Å². The molecule has 0 heterocycles. The van der Waals surface area contributed by atoms with E-state index in [-0.39, 0.29) is 5.91 Å². The highest BCUT2D eigenvalue weighted by Gasteiger charge is 2.02. The van der Waals surface area contributed by atoms with Crippen molar-refractivity contribution in [2.45, 2.75) is 6.54 Å². The number of benzene rings is 1. The maximum absolute atomic E-state index is 11.2. The van der Waals surface area contributed by atoms with Gasteiger partial charge in [0.1, 0.15) is 0 Å². The molecule has 2 amide bonds. The van der Waals surface area contributed by atoms with E-state index >= 15 is 0 Å². The number of nitrogens with one attached hydrogen (secondary N) is 1. The van der Waals surface area contributed by atoms with Gasteiger partial charge in [0.2, 0.25) is 6.41 Å². The van der Waals surface area contributed by atoms with E-state index in [9.17, 15) is 9.59 Å². The van der Waals surface area contributed by atoms with Gasteiger partial charge in [0.25, 0.3) is 5.91 Å². The van der Waals surface area contributed by atoms with Crippen molar-refractivity contribution in [3.8, 4) is 0 Å². The minimum atomic E-state index is -0.106. The zero-order valence-corrected chi connectivity index (χ0v) is 8.86. The Balaban J connectivity index is 2.72. The average molecular weight is 206 g/mol. The van der Waals surface area contributed by atoms with Crippen molar-refractivity contribution in [3.63, 3.8) is 0 Å². The van der Waals surface area contributed by atoms with Gasteiger partial charge in [-0.1, -0.05) is 12.1 Å². The summed E-state index contributed by atoms with van der Waals surface area (Å²) in [5, 5.41) is 2.55. The third-order valence-electron chi connectivity index (χ3n) is 2.06. The van der Waals surface area contributed by atoms with Crippen LogP contribution in [-0.2, 0) is 11.3 Å². The smallest absolute Gasteiger partial charge is 0.251 e. The van der Waals surface area contributed by atoms with Gasteiger partial charge in [-0.2, -0.15) is 0 Å². The van der Waals surface area contributed by atoms with Crippen LogP contribution in [0.5, 0.6) is 0 Å². The fourth-order valence-electron chi connectivity index (χ4n) is 1.23. The molecule has 1 N–H and O–H groups in total. The predicted molar refractivity (Wildman–Crippen MR) is 57.4 cm³/mol. The largest absolute Gasteiger partial charge is 0.355 e. The number of rotatable bonds is 4. The number of carbonyl (C=O) groups is 2. The summed E-state index contributed by atoms with van der Waals surface area (Å²) in [6.07, 6.45) is 0.770. The first-order valence-corrected chi connectivity index (χ1v) is 4.64. The molecular weight excluding hydrogens is 192 g/mol. The van der Waals surface area contributed by atoms with E-state index in [1.165, 1.54) is 4.90 Å². The Bertz CT molecular complexity index is 346. The molecule has 0 atom stereocenters. The van der Waals surface area contributed by atoms with Crippen LogP contribution >= 0.6 is 0 Å². The Morgan fingerprint density at radius 1 is 1.40 bits per heavy atom. The molecule has 4 nitrogen and oxygen atoms in total. The van der Waals surface area contributed by atoms with Gasteiger partial charge in [-0.3, -0.25) is 9.59 Å². The van der Waals surface area contributed by atoms with Gasteiger partial charge in [0.05, 0.1) is 0 Å².